The van der Waals surface area contributed by atoms with Crippen molar-refractivity contribution in [3.05, 3.63) is 62.5 Å². The predicted molar refractivity (Wildman–Crippen MR) is 86.3 cm³/mol. The monoisotopic (exact) mass is 353 g/mol. The minimum absolute atomic E-state index is 0.0569. The molecule has 0 saturated carbocycles. The van der Waals surface area contributed by atoms with E-state index >= 15 is 0 Å². The van der Waals surface area contributed by atoms with Crippen LogP contribution < -0.4 is 4.18 Å². The molecular formula is C16H16FNO5S. The van der Waals surface area contributed by atoms with Crippen molar-refractivity contribution in [3.63, 3.8) is 0 Å². The predicted octanol–water partition coefficient (Wildman–Crippen LogP) is 3.74. The fourth-order valence-electron chi connectivity index (χ4n) is 2.42. The van der Waals surface area contributed by atoms with Crippen LogP contribution in [0.3, 0.4) is 0 Å². The van der Waals surface area contributed by atoms with Crippen LogP contribution in [0.15, 0.2) is 29.2 Å². The maximum Gasteiger partial charge on any atom is 0.340 e. The normalized spacial score (nSPS) is 11.4. The summed E-state index contributed by atoms with van der Waals surface area (Å²) in [7, 11) is -4.36. The van der Waals surface area contributed by atoms with Crippen LogP contribution in [0.4, 0.5) is 10.1 Å². The SMILES string of the molecule is Cc1cc(C)c(C)c(S(=O)(=O)Oc2cc(F)ccc2[N+](=O)[O-])c1C. The standard InChI is InChI=1S/C16H16FNO5S/c1-9-7-10(2)12(4)16(11(9)3)24(21,22)23-15-8-13(17)5-6-14(15)18(19)20/h5-8H,1-4H3. The van der Waals surface area contributed by atoms with Crippen LogP contribution in [0.25, 0.3) is 0 Å². The van der Waals surface area contributed by atoms with Crippen molar-refractivity contribution in [3.8, 4) is 5.75 Å². The van der Waals surface area contributed by atoms with Gasteiger partial charge in [0.1, 0.15) is 10.7 Å². The van der Waals surface area contributed by atoms with Crippen molar-refractivity contribution in [1.82, 2.24) is 0 Å². The number of halogens is 1. The van der Waals surface area contributed by atoms with Gasteiger partial charge < -0.3 is 4.18 Å². The van der Waals surface area contributed by atoms with Gasteiger partial charge >= 0.3 is 15.8 Å². The molecule has 0 heterocycles. The second kappa shape index (κ2) is 6.20. The third-order valence-corrected chi connectivity index (χ3v) is 5.38. The molecule has 2 rings (SSSR count). The second-order valence-corrected chi connectivity index (χ2v) is 6.98. The third-order valence-electron chi connectivity index (χ3n) is 3.87. The van der Waals surface area contributed by atoms with Gasteiger partial charge in [-0.2, -0.15) is 8.42 Å². The molecule has 0 fully saturated rings. The van der Waals surface area contributed by atoms with E-state index in [0.717, 1.165) is 23.3 Å². The lowest BCUT2D eigenvalue weighted by atomic mass is 10.0. The van der Waals surface area contributed by atoms with Gasteiger partial charge in [0, 0.05) is 12.1 Å². The number of benzene rings is 2. The summed E-state index contributed by atoms with van der Waals surface area (Å²) in [5.41, 5.74) is 1.83. The Morgan fingerprint density at radius 3 is 2.08 bits per heavy atom. The Morgan fingerprint density at radius 2 is 1.58 bits per heavy atom. The van der Waals surface area contributed by atoms with Crippen molar-refractivity contribution < 1.29 is 21.9 Å². The van der Waals surface area contributed by atoms with Gasteiger partial charge in [0.15, 0.2) is 0 Å². The molecular weight excluding hydrogens is 337 g/mol. The van der Waals surface area contributed by atoms with Gasteiger partial charge in [0.05, 0.1) is 4.92 Å². The van der Waals surface area contributed by atoms with Crippen LogP contribution in [0.5, 0.6) is 5.75 Å². The Labute approximate surface area is 139 Å². The van der Waals surface area contributed by atoms with E-state index in [2.05, 4.69) is 0 Å². The minimum Gasteiger partial charge on any atom is -0.371 e. The number of hydrogen-bond donors (Lipinski definition) is 0. The molecule has 2 aromatic rings. The molecule has 8 heteroatoms. The summed E-state index contributed by atoms with van der Waals surface area (Å²) in [6, 6.07) is 4.25. The molecule has 2 aromatic carbocycles. The molecule has 6 nitrogen and oxygen atoms in total. The second-order valence-electron chi connectivity index (χ2n) is 5.50. The molecule has 0 spiro atoms. The maximum atomic E-state index is 13.4. The zero-order valence-corrected chi connectivity index (χ0v) is 14.4. The summed E-state index contributed by atoms with van der Waals surface area (Å²) in [4.78, 5) is 10.1. The Morgan fingerprint density at radius 1 is 1.04 bits per heavy atom. The number of nitro benzene ring substituents is 1. The van der Waals surface area contributed by atoms with Crippen LogP contribution in [0.2, 0.25) is 0 Å². The third kappa shape index (κ3) is 3.23. The summed E-state index contributed by atoms with van der Waals surface area (Å²) in [6.45, 7) is 6.76. The largest absolute Gasteiger partial charge is 0.371 e. The van der Waals surface area contributed by atoms with E-state index in [9.17, 15) is 22.9 Å². The van der Waals surface area contributed by atoms with E-state index in [1.807, 2.05) is 6.07 Å². The highest BCUT2D eigenvalue weighted by Gasteiger charge is 2.28. The molecule has 0 aliphatic rings. The number of aryl methyl sites for hydroxylation is 2. The number of nitrogens with zero attached hydrogens (tertiary/aromatic N) is 1. The highest BCUT2D eigenvalue weighted by atomic mass is 32.2. The number of nitro groups is 1. The first-order valence-electron chi connectivity index (χ1n) is 7.00. The smallest absolute Gasteiger partial charge is 0.340 e. The fraction of sp³-hybridized carbons (Fsp3) is 0.250. The molecule has 0 bridgehead atoms. The van der Waals surface area contributed by atoms with Gasteiger partial charge in [-0.05, 0) is 56.0 Å². The lowest BCUT2D eigenvalue weighted by molar-refractivity contribution is -0.385. The lowest BCUT2D eigenvalue weighted by Gasteiger charge is -2.15. The van der Waals surface area contributed by atoms with Gasteiger partial charge in [-0.25, -0.2) is 4.39 Å². The van der Waals surface area contributed by atoms with Crippen molar-refractivity contribution in [2.45, 2.75) is 32.6 Å². The number of hydrogen-bond acceptors (Lipinski definition) is 5. The molecule has 128 valence electrons. The first kappa shape index (κ1) is 17.9. The quantitative estimate of drug-likeness (QED) is 0.475. The molecule has 0 aliphatic carbocycles. The summed E-state index contributed by atoms with van der Waals surface area (Å²) in [6.07, 6.45) is 0. The molecule has 0 amide bonds. The summed E-state index contributed by atoms with van der Waals surface area (Å²) in [5.74, 6) is -1.49. The van der Waals surface area contributed by atoms with Crippen LogP contribution in [0, 0.1) is 43.6 Å². The van der Waals surface area contributed by atoms with E-state index in [4.69, 9.17) is 4.18 Å². The Bertz CT molecular complexity index is 912. The molecule has 0 radical (unpaired) electrons. The fourth-order valence-corrected chi connectivity index (χ4v) is 3.95. The number of rotatable bonds is 4. The molecule has 0 N–H and O–H groups in total. The lowest BCUT2D eigenvalue weighted by Crippen LogP contribution is -2.15. The van der Waals surface area contributed by atoms with E-state index < -0.39 is 32.3 Å². The first-order valence-corrected chi connectivity index (χ1v) is 8.41. The van der Waals surface area contributed by atoms with Crippen molar-refractivity contribution in [1.29, 1.82) is 0 Å². The van der Waals surface area contributed by atoms with Crippen LogP contribution >= 0.6 is 0 Å². The van der Waals surface area contributed by atoms with E-state index in [1.54, 1.807) is 27.7 Å². The van der Waals surface area contributed by atoms with Gasteiger partial charge in [-0.1, -0.05) is 6.07 Å². The molecule has 0 aliphatic heterocycles. The first-order chi connectivity index (χ1) is 11.0. The Hall–Kier alpha value is -2.48. The van der Waals surface area contributed by atoms with Gasteiger partial charge in [-0.3, -0.25) is 10.1 Å². The van der Waals surface area contributed by atoms with Crippen molar-refractivity contribution in [2.75, 3.05) is 0 Å². The van der Waals surface area contributed by atoms with Crippen LogP contribution in [-0.4, -0.2) is 13.3 Å². The molecule has 0 aromatic heterocycles. The van der Waals surface area contributed by atoms with Gasteiger partial charge in [0.25, 0.3) is 0 Å². The maximum absolute atomic E-state index is 13.4. The van der Waals surface area contributed by atoms with Crippen molar-refractivity contribution >= 4 is 15.8 Å². The van der Waals surface area contributed by atoms with Gasteiger partial charge in [0.2, 0.25) is 5.75 Å². The van der Waals surface area contributed by atoms with E-state index in [-0.39, 0.29) is 4.90 Å². The van der Waals surface area contributed by atoms with Gasteiger partial charge in [-0.15, -0.1) is 0 Å². The Kier molecular flexibility index (Phi) is 4.61. The zero-order chi connectivity index (χ0) is 18.2. The summed E-state index contributed by atoms with van der Waals surface area (Å²) < 4.78 is 43.6. The van der Waals surface area contributed by atoms with E-state index in [0.29, 0.717) is 17.2 Å². The minimum atomic E-state index is -4.36. The molecule has 0 saturated heterocycles. The molecule has 24 heavy (non-hydrogen) atoms. The highest BCUT2D eigenvalue weighted by molar-refractivity contribution is 7.87. The average Bonchev–Trinajstić information content (AvgIpc) is 2.44. The summed E-state index contributed by atoms with van der Waals surface area (Å²) >= 11 is 0. The molecule has 0 unspecified atom stereocenters. The van der Waals surface area contributed by atoms with Crippen LogP contribution in [-0.2, 0) is 10.1 Å². The zero-order valence-electron chi connectivity index (χ0n) is 13.6. The topological polar surface area (TPSA) is 86.5 Å². The van der Waals surface area contributed by atoms with Crippen LogP contribution in [0.1, 0.15) is 22.3 Å². The van der Waals surface area contributed by atoms with Crippen molar-refractivity contribution in [2.24, 2.45) is 0 Å². The average molecular weight is 353 g/mol. The molecule has 0 atom stereocenters. The summed E-state index contributed by atoms with van der Waals surface area (Å²) in [5, 5.41) is 11.0. The van der Waals surface area contributed by atoms with E-state index in [1.165, 1.54) is 0 Å². The Balaban J connectivity index is 2.64. The highest BCUT2D eigenvalue weighted by Crippen LogP contribution is 2.33.